The molecule has 13 heteroatoms. The van der Waals surface area contributed by atoms with Crippen molar-refractivity contribution >= 4 is 0 Å². The molecule has 0 spiro atoms. The molecule has 0 saturated carbocycles. The van der Waals surface area contributed by atoms with Crippen molar-refractivity contribution in [3.8, 4) is 11.6 Å². The number of pyridine rings is 2. The number of hydrogen-bond donors (Lipinski definition) is 0. The van der Waals surface area contributed by atoms with Gasteiger partial charge in [-0.05, 0) is 39.8 Å². The molecule has 0 aliphatic rings. The molecular weight excluding hydrogens is 669 g/mol. The van der Waals surface area contributed by atoms with E-state index in [1.165, 1.54) is 0 Å². The van der Waals surface area contributed by atoms with Crippen LogP contribution in [0.5, 0.6) is 0 Å². The van der Waals surface area contributed by atoms with Gasteiger partial charge in [-0.2, -0.15) is 26.3 Å². The molecule has 0 radical (unpaired) electrons. The quantitative estimate of drug-likeness (QED) is 0.212. The van der Waals surface area contributed by atoms with Crippen LogP contribution in [-0.4, -0.2) is 29.5 Å². The van der Waals surface area contributed by atoms with Crippen molar-refractivity contribution in [2.24, 2.45) is 0 Å². The average molecular weight is 688 g/mol. The molecule has 0 N–H and O–H groups in total. The van der Waals surface area contributed by atoms with E-state index in [0.717, 1.165) is 21.5 Å². The second kappa shape index (κ2) is 9.46. The normalized spacial score (nSPS) is 12.5. The van der Waals surface area contributed by atoms with Gasteiger partial charge < -0.3 is 9.36 Å². The zero-order chi connectivity index (χ0) is 25.8. The maximum atomic E-state index is 13.0. The molecule has 0 amide bonds. The molecule has 4 heterocycles. The van der Waals surface area contributed by atoms with Crippen LogP contribution in [-0.2, 0) is 38.8 Å². The van der Waals surface area contributed by atoms with E-state index < -0.39 is 29.2 Å². The number of hydrogen-bond acceptors (Lipinski definition) is 4. The van der Waals surface area contributed by atoms with Gasteiger partial charge in [-0.15, -0.1) is 12.1 Å². The van der Waals surface area contributed by atoms with E-state index >= 15 is 0 Å². The molecule has 0 saturated heterocycles. The van der Waals surface area contributed by atoms with Crippen LogP contribution in [0.1, 0.15) is 47.8 Å². The second-order valence-corrected chi connectivity index (χ2v) is 8.54. The van der Waals surface area contributed by atoms with Crippen molar-refractivity contribution < 1.29 is 47.4 Å². The molecule has 0 fully saturated rings. The molecule has 4 aromatic rings. The number of aromatic nitrogens is 6. The van der Waals surface area contributed by atoms with Gasteiger partial charge in [-0.1, -0.05) is 35.7 Å². The van der Waals surface area contributed by atoms with E-state index in [0.29, 0.717) is 22.5 Å². The van der Waals surface area contributed by atoms with Gasteiger partial charge >= 0.3 is 33.4 Å². The van der Waals surface area contributed by atoms with E-state index in [1.807, 2.05) is 0 Å². The first-order valence-electron chi connectivity index (χ1n) is 10.2. The predicted octanol–water partition coefficient (Wildman–Crippen LogP) is 5.43. The Bertz CT molecular complexity index is 1280. The van der Waals surface area contributed by atoms with Crippen LogP contribution in [0.4, 0.5) is 26.3 Å². The number of rotatable bonds is 4. The number of aryl methyl sites for hydroxylation is 2. The van der Waals surface area contributed by atoms with Crippen molar-refractivity contribution in [2.75, 3.05) is 0 Å². The van der Waals surface area contributed by atoms with Crippen molar-refractivity contribution in [3.63, 3.8) is 0 Å². The van der Waals surface area contributed by atoms with Crippen molar-refractivity contribution in [1.29, 1.82) is 0 Å². The summed E-state index contributed by atoms with van der Waals surface area (Å²) >= 11 is 0. The van der Waals surface area contributed by atoms with E-state index in [1.54, 1.807) is 52.0 Å². The average Bonchev–Trinajstić information content (AvgIpc) is 3.42. The summed E-state index contributed by atoms with van der Waals surface area (Å²) in [6.45, 7) is 7.11. The first-order valence-corrected chi connectivity index (χ1v) is 10.2. The molecule has 36 heavy (non-hydrogen) atoms. The molecule has 0 bridgehead atoms. The maximum absolute atomic E-state index is 13.0. The summed E-state index contributed by atoms with van der Waals surface area (Å²) in [4.78, 5) is 9.00. The Kier molecular flexibility index (Phi) is 7.24. The SMILES string of the molecule is Cc1cc(-n2[c-]cc(C(F)(F)F)n2)nc(C(C)(C)c2cc(C)cc(-n3[c-]cc(C(F)(F)F)n3)n2)c1.[Pt+2]. The third-order valence-electron chi connectivity index (χ3n) is 5.27. The third kappa shape index (κ3) is 5.53. The Balaban J connectivity index is 0.00000361. The van der Waals surface area contributed by atoms with Crippen LogP contribution < -0.4 is 0 Å². The van der Waals surface area contributed by atoms with E-state index in [4.69, 9.17) is 0 Å². The van der Waals surface area contributed by atoms with E-state index in [-0.39, 0.29) is 32.7 Å². The summed E-state index contributed by atoms with van der Waals surface area (Å²) in [7, 11) is 0. The molecule has 0 atom stereocenters. The monoisotopic (exact) mass is 687 g/mol. The van der Waals surface area contributed by atoms with Crippen molar-refractivity contribution in [2.45, 2.75) is 45.5 Å². The van der Waals surface area contributed by atoms with Gasteiger partial charge in [0.15, 0.2) is 0 Å². The fraction of sp³-hybridized carbons (Fsp3) is 0.304. The van der Waals surface area contributed by atoms with E-state index in [9.17, 15) is 26.3 Å². The van der Waals surface area contributed by atoms with Gasteiger partial charge in [0.1, 0.15) is 0 Å². The summed E-state index contributed by atoms with van der Waals surface area (Å²) in [5.74, 6) is 0.262. The zero-order valence-corrected chi connectivity index (χ0v) is 21.5. The number of alkyl halides is 6. The Morgan fingerprint density at radius 3 is 1.31 bits per heavy atom. The summed E-state index contributed by atoms with van der Waals surface area (Å²) in [5.41, 5.74) is -0.733. The van der Waals surface area contributed by atoms with Crippen LogP contribution in [0.3, 0.4) is 0 Å². The van der Waals surface area contributed by atoms with Crippen molar-refractivity contribution in [1.82, 2.24) is 29.5 Å². The molecule has 6 nitrogen and oxygen atoms in total. The molecule has 0 aromatic carbocycles. The molecule has 0 aliphatic carbocycles. The minimum atomic E-state index is -4.62. The fourth-order valence-corrected chi connectivity index (χ4v) is 3.37. The van der Waals surface area contributed by atoms with E-state index in [2.05, 4.69) is 32.6 Å². The summed E-state index contributed by atoms with van der Waals surface area (Å²) < 4.78 is 79.7. The van der Waals surface area contributed by atoms with Gasteiger partial charge in [0.2, 0.25) is 0 Å². The molecule has 4 rings (SSSR count). The van der Waals surface area contributed by atoms with Crippen LogP contribution >= 0.6 is 0 Å². The van der Waals surface area contributed by atoms with Crippen LogP contribution in [0.15, 0.2) is 36.4 Å². The third-order valence-corrected chi connectivity index (χ3v) is 5.27. The summed E-state index contributed by atoms with van der Waals surface area (Å²) in [6.07, 6.45) is -4.38. The van der Waals surface area contributed by atoms with Crippen LogP contribution in [0.25, 0.3) is 11.6 Å². The maximum Gasteiger partial charge on any atom is 2.00 e. The Labute approximate surface area is 216 Å². The fourth-order valence-electron chi connectivity index (χ4n) is 3.37. The van der Waals surface area contributed by atoms with Gasteiger partial charge in [0, 0.05) is 16.8 Å². The smallest absolute Gasteiger partial charge is 0.343 e. The standard InChI is InChI=1S/C23H18F6N6.Pt/c1-13-9-17(30-19(11-13)34-7-5-15(32-34)22(24,25)26)21(3,4)18-10-14(2)12-20(31-18)35-8-6-16(33-35)23(27,28)29;/h5-6,9-12H,1-4H3;/q-2;+2. The second-order valence-electron chi connectivity index (χ2n) is 8.54. The summed E-state index contributed by atoms with van der Waals surface area (Å²) in [5, 5.41) is 7.06. The van der Waals surface area contributed by atoms with Gasteiger partial charge in [0.05, 0.1) is 23.0 Å². The topological polar surface area (TPSA) is 61.4 Å². The molecule has 0 unspecified atom stereocenters. The molecule has 0 aliphatic heterocycles. The van der Waals surface area contributed by atoms with Crippen LogP contribution in [0, 0.1) is 26.2 Å². The van der Waals surface area contributed by atoms with Gasteiger partial charge in [-0.25, -0.2) is 0 Å². The predicted molar refractivity (Wildman–Crippen MR) is 112 cm³/mol. The Morgan fingerprint density at radius 2 is 1.00 bits per heavy atom. The van der Waals surface area contributed by atoms with Gasteiger partial charge in [-0.3, -0.25) is 20.2 Å². The minimum absolute atomic E-state index is 0. The molecule has 192 valence electrons. The Hall–Kier alpha value is -3.01. The van der Waals surface area contributed by atoms with Gasteiger partial charge in [0.25, 0.3) is 0 Å². The molecular formula is C23H18F6N6Pt. The zero-order valence-electron chi connectivity index (χ0n) is 19.2. The first kappa shape index (κ1) is 27.6. The largest absolute Gasteiger partial charge is 2.00 e. The minimum Gasteiger partial charge on any atom is -0.343 e. The molecule has 4 aromatic heterocycles. The summed E-state index contributed by atoms with van der Waals surface area (Å²) in [6, 6.07) is 8.11. The first-order chi connectivity index (χ1) is 16.1. The Morgan fingerprint density at radius 1 is 0.639 bits per heavy atom. The number of halogens is 6. The van der Waals surface area contributed by atoms with Crippen LogP contribution in [0.2, 0.25) is 0 Å². The van der Waals surface area contributed by atoms with Crippen molar-refractivity contribution in [3.05, 3.63) is 82.7 Å². The number of nitrogens with zero attached hydrogens (tertiary/aromatic N) is 6.